The maximum atomic E-state index is 12.7. The third kappa shape index (κ3) is 5.82. The number of nitrogens with zero attached hydrogens (tertiary/aromatic N) is 3. The van der Waals surface area contributed by atoms with Crippen LogP contribution in [0.4, 0.5) is 0 Å². The number of hydrogen-bond donors (Lipinski definition) is 2. The minimum absolute atomic E-state index is 0.189. The molecule has 0 aliphatic heterocycles. The zero-order valence-electron chi connectivity index (χ0n) is 17.5. The summed E-state index contributed by atoms with van der Waals surface area (Å²) < 4.78 is 10.7. The average molecular weight is 392 g/mol. The molecule has 0 saturated heterocycles. The van der Waals surface area contributed by atoms with Crippen LogP contribution in [0, 0.1) is 5.41 Å². The summed E-state index contributed by atoms with van der Waals surface area (Å²) in [6.07, 6.45) is 5.70. The Bertz CT molecular complexity index is 657. The molecule has 0 radical (unpaired) electrons. The molecule has 2 rings (SSSR count). The minimum Gasteiger partial charge on any atom is -0.475 e. The van der Waals surface area contributed by atoms with E-state index < -0.39 is 0 Å². The predicted molar refractivity (Wildman–Crippen MR) is 109 cm³/mol. The van der Waals surface area contributed by atoms with Crippen molar-refractivity contribution in [2.24, 2.45) is 10.4 Å². The molecule has 156 valence electrons. The number of methoxy groups -OCH3 is 1. The monoisotopic (exact) mass is 391 g/mol. The smallest absolute Gasteiger partial charge is 0.230 e. The van der Waals surface area contributed by atoms with Gasteiger partial charge in [-0.15, -0.1) is 0 Å². The van der Waals surface area contributed by atoms with Crippen LogP contribution in [0.15, 0.2) is 23.3 Å². The van der Waals surface area contributed by atoms with Gasteiger partial charge in [-0.2, -0.15) is 0 Å². The number of aliphatic imine (C=N–C) groups is 1. The summed E-state index contributed by atoms with van der Waals surface area (Å²) in [7, 11) is 7.01. The lowest BCUT2D eigenvalue weighted by Crippen LogP contribution is -2.49. The molecule has 0 atom stereocenters. The number of aromatic nitrogens is 1. The maximum absolute atomic E-state index is 12.7. The molecule has 0 spiro atoms. The third-order valence-corrected chi connectivity index (χ3v) is 5.06. The van der Waals surface area contributed by atoms with Crippen molar-refractivity contribution in [1.29, 1.82) is 0 Å². The van der Waals surface area contributed by atoms with Gasteiger partial charge in [-0.05, 0) is 18.9 Å². The first-order valence-corrected chi connectivity index (χ1v) is 9.74. The van der Waals surface area contributed by atoms with E-state index in [9.17, 15) is 4.79 Å². The fourth-order valence-corrected chi connectivity index (χ4v) is 3.56. The van der Waals surface area contributed by atoms with Crippen molar-refractivity contribution in [1.82, 2.24) is 20.5 Å². The lowest BCUT2D eigenvalue weighted by atomic mass is 9.84. The van der Waals surface area contributed by atoms with E-state index in [1.807, 2.05) is 26.2 Å². The van der Waals surface area contributed by atoms with Crippen LogP contribution in [0.3, 0.4) is 0 Å². The molecule has 0 bridgehead atoms. The molecular weight excluding hydrogens is 358 g/mol. The molecule has 2 N–H and O–H groups in total. The Kier molecular flexibility index (Phi) is 8.50. The standard InChI is InChI=1S/C20H33N5O3/c1-21-19(24-15-20(9-5-6-10-20)18(26)25(2)3)23-14-16-8-7-11-22-17(16)28-13-12-27-4/h7-8,11H,5-6,9-10,12-15H2,1-4H3,(H2,21,23,24). The van der Waals surface area contributed by atoms with Gasteiger partial charge in [-0.3, -0.25) is 9.79 Å². The zero-order chi connectivity index (χ0) is 20.4. The van der Waals surface area contributed by atoms with Crippen molar-refractivity contribution in [2.45, 2.75) is 32.2 Å². The lowest BCUT2D eigenvalue weighted by molar-refractivity contribution is -0.138. The highest BCUT2D eigenvalue weighted by molar-refractivity contribution is 5.85. The first-order valence-electron chi connectivity index (χ1n) is 9.74. The Balaban J connectivity index is 1.94. The molecule has 1 heterocycles. The Hall–Kier alpha value is -2.35. The molecule has 8 heteroatoms. The van der Waals surface area contributed by atoms with Gasteiger partial charge < -0.3 is 25.0 Å². The Morgan fingerprint density at radius 3 is 2.68 bits per heavy atom. The molecule has 1 fully saturated rings. The van der Waals surface area contributed by atoms with Crippen LogP contribution in [0.25, 0.3) is 0 Å². The van der Waals surface area contributed by atoms with E-state index in [4.69, 9.17) is 9.47 Å². The van der Waals surface area contributed by atoms with Crippen molar-refractivity contribution < 1.29 is 14.3 Å². The van der Waals surface area contributed by atoms with Gasteiger partial charge in [0.25, 0.3) is 0 Å². The highest BCUT2D eigenvalue weighted by Gasteiger charge is 2.42. The molecule has 1 aromatic rings. The van der Waals surface area contributed by atoms with Crippen molar-refractivity contribution in [2.75, 3.05) is 48.0 Å². The van der Waals surface area contributed by atoms with Gasteiger partial charge in [-0.1, -0.05) is 18.9 Å². The summed E-state index contributed by atoms with van der Waals surface area (Å²) in [6, 6.07) is 3.84. The molecule has 1 saturated carbocycles. The summed E-state index contributed by atoms with van der Waals surface area (Å²) in [6.45, 7) is 2.05. The fourth-order valence-electron chi connectivity index (χ4n) is 3.56. The van der Waals surface area contributed by atoms with Crippen LogP contribution >= 0.6 is 0 Å². The van der Waals surface area contributed by atoms with Gasteiger partial charge in [0.1, 0.15) is 6.61 Å². The summed E-state index contributed by atoms with van der Waals surface area (Å²) in [5, 5.41) is 6.63. The first-order chi connectivity index (χ1) is 13.5. The Morgan fingerprint density at radius 2 is 2.04 bits per heavy atom. The van der Waals surface area contributed by atoms with Crippen molar-refractivity contribution in [3.8, 4) is 5.88 Å². The van der Waals surface area contributed by atoms with E-state index in [-0.39, 0.29) is 11.3 Å². The van der Waals surface area contributed by atoms with E-state index in [0.717, 1.165) is 31.2 Å². The van der Waals surface area contributed by atoms with Gasteiger partial charge >= 0.3 is 0 Å². The zero-order valence-corrected chi connectivity index (χ0v) is 17.5. The second kappa shape index (κ2) is 10.8. The number of guanidine groups is 1. The van der Waals surface area contributed by atoms with E-state index in [2.05, 4.69) is 20.6 Å². The number of carbonyl (C=O) groups excluding carboxylic acids is 1. The topological polar surface area (TPSA) is 88.1 Å². The van der Waals surface area contributed by atoms with E-state index in [1.165, 1.54) is 0 Å². The normalized spacial score (nSPS) is 15.9. The summed E-state index contributed by atoms with van der Waals surface area (Å²) in [4.78, 5) is 23.0. The van der Waals surface area contributed by atoms with E-state index in [1.54, 1.807) is 25.3 Å². The van der Waals surface area contributed by atoms with E-state index in [0.29, 0.717) is 38.1 Å². The SMILES string of the molecule is CN=C(NCc1cccnc1OCCOC)NCC1(C(=O)N(C)C)CCCC1. The number of carbonyl (C=O) groups is 1. The van der Waals surface area contributed by atoms with Crippen LogP contribution in [-0.4, -0.2) is 69.8 Å². The number of amides is 1. The Labute approximate surface area is 167 Å². The molecule has 0 unspecified atom stereocenters. The second-order valence-corrected chi connectivity index (χ2v) is 7.28. The van der Waals surface area contributed by atoms with Gasteiger partial charge in [0.05, 0.1) is 12.0 Å². The van der Waals surface area contributed by atoms with E-state index >= 15 is 0 Å². The van der Waals surface area contributed by atoms with Crippen molar-refractivity contribution >= 4 is 11.9 Å². The summed E-state index contributed by atoms with van der Waals surface area (Å²) in [5.41, 5.74) is 0.589. The predicted octanol–water partition coefficient (Wildman–Crippen LogP) is 1.42. The lowest BCUT2D eigenvalue weighted by Gasteiger charge is -2.31. The number of pyridine rings is 1. The average Bonchev–Trinajstić information content (AvgIpc) is 3.18. The summed E-state index contributed by atoms with van der Waals surface area (Å²) >= 11 is 0. The number of rotatable bonds is 9. The number of hydrogen-bond acceptors (Lipinski definition) is 5. The molecule has 28 heavy (non-hydrogen) atoms. The minimum atomic E-state index is -0.343. The molecule has 8 nitrogen and oxygen atoms in total. The van der Waals surface area contributed by atoms with Gasteiger partial charge in [0.2, 0.25) is 11.8 Å². The first kappa shape index (κ1) is 21.9. The second-order valence-electron chi connectivity index (χ2n) is 7.28. The van der Waals surface area contributed by atoms with Crippen LogP contribution in [0.2, 0.25) is 0 Å². The van der Waals surface area contributed by atoms with Gasteiger partial charge in [0.15, 0.2) is 5.96 Å². The quantitative estimate of drug-likeness (QED) is 0.376. The van der Waals surface area contributed by atoms with Crippen LogP contribution in [0.1, 0.15) is 31.2 Å². The highest BCUT2D eigenvalue weighted by atomic mass is 16.5. The molecule has 1 aliphatic carbocycles. The maximum Gasteiger partial charge on any atom is 0.230 e. The highest BCUT2D eigenvalue weighted by Crippen LogP contribution is 2.38. The van der Waals surface area contributed by atoms with Crippen molar-refractivity contribution in [3.05, 3.63) is 23.9 Å². The molecular formula is C20H33N5O3. The fraction of sp³-hybridized carbons (Fsp3) is 0.650. The van der Waals surface area contributed by atoms with Gasteiger partial charge in [-0.25, -0.2) is 4.98 Å². The molecule has 0 aromatic carbocycles. The molecule has 1 aromatic heterocycles. The van der Waals surface area contributed by atoms with Gasteiger partial charge in [0, 0.05) is 53.1 Å². The van der Waals surface area contributed by atoms with Crippen LogP contribution < -0.4 is 15.4 Å². The largest absolute Gasteiger partial charge is 0.475 e. The Morgan fingerprint density at radius 1 is 1.29 bits per heavy atom. The van der Waals surface area contributed by atoms with Crippen LogP contribution in [-0.2, 0) is 16.1 Å². The molecule has 1 amide bonds. The summed E-state index contributed by atoms with van der Waals surface area (Å²) in [5.74, 6) is 1.43. The number of ether oxygens (including phenoxy) is 2. The molecule has 1 aliphatic rings. The third-order valence-electron chi connectivity index (χ3n) is 5.06. The van der Waals surface area contributed by atoms with Crippen molar-refractivity contribution in [3.63, 3.8) is 0 Å². The van der Waals surface area contributed by atoms with Crippen LogP contribution in [0.5, 0.6) is 5.88 Å². The number of nitrogens with one attached hydrogen (secondary N) is 2.